The lowest BCUT2D eigenvalue weighted by molar-refractivity contribution is -0.153. The molecule has 0 aliphatic heterocycles. The lowest BCUT2D eigenvalue weighted by atomic mass is 10.1. The summed E-state index contributed by atoms with van der Waals surface area (Å²) in [5.74, 6) is -1.84. The Morgan fingerprint density at radius 2 is 1.59 bits per heavy atom. The third-order valence-corrected chi connectivity index (χ3v) is 4.07. The zero-order valence-electron chi connectivity index (χ0n) is 15.8. The van der Waals surface area contributed by atoms with Crippen molar-refractivity contribution in [3.05, 3.63) is 42.5 Å². The number of ether oxygens (including phenoxy) is 2. The normalized spacial score (nSPS) is 10.4. The Labute approximate surface area is 159 Å². The van der Waals surface area contributed by atoms with E-state index in [0.29, 0.717) is 31.7 Å². The third kappa shape index (κ3) is 5.54. The van der Waals surface area contributed by atoms with Crippen LogP contribution in [0.25, 0.3) is 10.8 Å². The van der Waals surface area contributed by atoms with Crippen LogP contribution in [0.5, 0.6) is 0 Å². The fourth-order valence-corrected chi connectivity index (χ4v) is 2.85. The topological polar surface area (TPSA) is 72.9 Å². The van der Waals surface area contributed by atoms with E-state index in [4.69, 9.17) is 9.47 Å². The molecule has 0 aliphatic carbocycles. The molecule has 0 bridgehead atoms. The molecule has 0 aliphatic rings. The van der Waals surface area contributed by atoms with E-state index in [2.05, 4.69) is 0 Å². The van der Waals surface area contributed by atoms with Gasteiger partial charge in [-0.3, -0.25) is 9.59 Å². The van der Waals surface area contributed by atoms with E-state index in [9.17, 15) is 14.4 Å². The molecule has 0 heterocycles. The van der Waals surface area contributed by atoms with Gasteiger partial charge >= 0.3 is 17.8 Å². The van der Waals surface area contributed by atoms with Crippen LogP contribution in [0, 0.1) is 0 Å². The summed E-state index contributed by atoms with van der Waals surface area (Å²) in [5.41, 5.74) is 0.655. The number of amides is 1. The van der Waals surface area contributed by atoms with Gasteiger partial charge in [-0.2, -0.15) is 0 Å². The molecule has 2 aromatic carbocycles. The summed E-state index contributed by atoms with van der Waals surface area (Å²) < 4.78 is 9.81. The highest BCUT2D eigenvalue weighted by Gasteiger charge is 2.25. The zero-order chi connectivity index (χ0) is 19.6. The van der Waals surface area contributed by atoms with Crippen molar-refractivity contribution in [1.29, 1.82) is 0 Å². The lowest BCUT2D eigenvalue weighted by Crippen LogP contribution is -2.38. The van der Waals surface area contributed by atoms with Gasteiger partial charge in [0, 0.05) is 18.4 Å². The quantitative estimate of drug-likeness (QED) is 0.404. The highest BCUT2D eigenvalue weighted by Crippen LogP contribution is 2.27. The second-order valence-corrected chi connectivity index (χ2v) is 5.94. The number of hydrogen-bond donors (Lipinski definition) is 0. The van der Waals surface area contributed by atoms with Crippen LogP contribution in [-0.4, -0.2) is 37.6 Å². The number of rotatable bonds is 8. The number of unbranched alkanes of at least 4 members (excludes halogenated alkanes) is 1. The summed E-state index contributed by atoms with van der Waals surface area (Å²) in [6, 6.07) is 13.3. The molecule has 6 heteroatoms. The third-order valence-electron chi connectivity index (χ3n) is 4.07. The van der Waals surface area contributed by atoms with Gasteiger partial charge in [0.25, 0.3) is 0 Å². The van der Waals surface area contributed by atoms with Gasteiger partial charge in [-0.05, 0) is 38.1 Å². The van der Waals surface area contributed by atoms with Gasteiger partial charge in [-0.25, -0.2) is 4.79 Å². The van der Waals surface area contributed by atoms with Crippen LogP contribution >= 0.6 is 0 Å². The molecule has 0 atom stereocenters. The van der Waals surface area contributed by atoms with Gasteiger partial charge in [0.1, 0.15) is 0 Å². The number of carbonyl (C=O) groups is 3. The maximum atomic E-state index is 12.7. The molecule has 2 aromatic rings. The maximum Gasteiger partial charge on any atom is 0.397 e. The number of fused-ring (bicyclic) bond motifs is 1. The molecule has 2 rings (SSSR count). The number of carbonyl (C=O) groups excluding carboxylic acids is 3. The number of anilines is 1. The summed E-state index contributed by atoms with van der Waals surface area (Å²) in [6.45, 7) is 4.22. The molecular formula is C21H25NO5. The Morgan fingerprint density at radius 1 is 0.889 bits per heavy atom. The molecule has 0 aromatic heterocycles. The molecule has 1 amide bonds. The number of esters is 2. The standard InChI is InChI=1S/C21H25NO5/c1-3-26-19(23)14-7-8-15-22(20(24)21(25)27-4-2)18-13-9-11-16-10-5-6-12-17(16)18/h5-6,9-13H,3-4,7-8,14-15H2,1-2H3. The van der Waals surface area contributed by atoms with Gasteiger partial charge in [0.2, 0.25) is 0 Å². The van der Waals surface area contributed by atoms with E-state index in [-0.39, 0.29) is 19.0 Å². The predicted molar refractivity (Wildman–Crippen MR) is 103 cm³/mol. The second-order valence-electron chi connectivity index (χ2n) is 5.94. The van der Waals surface area contributed by atoms with Crippen molar-refractivity contribution in [2.45, 2.75) is 33.1 Å². The van der Waals surface area contributed by atoms with Crippen LogP contribution in [0.15, 0.2) is 42.5 Å². The lowest BCUT2D eigenvalue weighted by Gasteiger charge is -2.23. The molecule has 27 heavy (non-hydrogen) atoms. The molecule has 144 valence electrons. The summed E-state index contributed by atoms with van der Waals surface area (Å²) >= 11 is 0. The number of nitrogens with zero attached hydrogens (tertiary/aromatic N) is 1. The van der Waals surface area contributed by atoms with Crippen LogP contribution < -0.4 is 4.90 Å². The summed E-state index contributed by atoms with van der Waals surface area (Å²) in [4.78, 5) is 37.6. The average molecular weight is 371 g/mol. The van der Waals surface area contributed by atoms with Crippen LogP contribution in [0.1, 0.15) is 33.1 Å². The number of benzene rings is 2. The van der Waals surface area contributed by atoms with Crippen LogP contribution in [0.4, 0.5) is 5.69 Å². The van der Waals surface area contributed by atoms with Crippen molar-refractivity contribution in [3.8, 4) is 0 Å². The molecule has 0 spiro atoms. The van der Waals surface area contributed by atoms with E-state index in [1.54, 1.807) is 13.8 Å². The van der Waals surface area contributed by atoms with Gasteiger partial charge in [-0.1, -0.05) is 36.4 Å². The minimum absolute atomic E-state index is 0.136. The van der Waals surface area contributed by atoms with Gasteiger partial charge in [0.15, 0.2) is 0 Å². The van der Waals surface area contributed by atoms with Crippen molar-refractivity contribution < 1.29 is 23.9 Å². The highest BCUT2D eigenvalue weighted by molar-refractivity contribution is 6.38. The van der Waals surface area contributed by atoms with E-state index in [0.717, 1.165) is 10.8 Å². The monoisotopic (exact) mass is 371 g/mol. The first-order valence-corrected chi connectivity index (χ1v) is 9.20. The number of hydrogen-bond acceptors (Lipinski definition) is 5. The molecule has 0 radical (unpaired) electrons. The minimum atomic E-state index is -0.879. The minimum Gasteiger partial charge on any atom is -0.466 e. The van der Waals surface area contributed by atoms with Crippen molar-refractivity contribution in [2.75, 3.05) is 24.7 Å². The Hall–Kier alpha value is -2.89. The van der Waals surface area contributed by atoms with Crippen molar-refractivity contribution in [2.24, 2.45) is 0 Å². The first-order valence-electron chi connectivity index (χ1n) is 9.20. The first kappa shape index (κ1) is 20.4. The molecule has 0 saturated carbocycles. The summed E-state index contributed by atoms with van der Waals surface area (Å²) in [5, 5.41) is 1.85. The van der Waals surface area contributed by atoms with Crippen LogP contribution in [-0.2, 0) is 23.9 Å². The smallest absolute Gasteiger partial charge is 0.397 e. The van der Waals surface area contributed by atoms with Crippen LogP contribution in [0.2, 0.25) is 0 Å². The van der Waals surface area contributed by atoms with E-state index < -0.39 is 11.9 Å². The van der Waals surface area contributed by atoms with E-state index in [1.165, 1.54) is 4.90 Å². The summed E-state index contributed by atoms with van der Waals surface area (Å²) in [7, 11) is 0. The van der Waals surface area contributed by atoms with Gasteiger partial charge in [0.05, 0.1) is 18.9 Å². The average Bonchev–Trinajstić information content (AvgIpc) is 2.68. The molecule has 0 unspecified atom stereocenters. The van der Waals surface area contributed by atoms with E-state index >= 15 is 0 Å². The van der Waals surface area contributed by atoms with Crippen molar-refractivity contribution in [3.63, 3.8) is 0 Å². The Kier molecular flexibility index (Phi) is 7.79. The Bertz CT molecular complexity index is 797. The highest BCUT2D eigenvalue weighted by atomic mass is 16.5. The molecule has 0 fully saturated rings. The van der Waals surface area contributed by atoms with Crippen LogP contribution in [0.3, 0.4) is 0 Å². The Balaban J connectivity index is 2.20. The van der Waals surface area contributed by atoms with Crippen molar-refractivity contribution in [1.82, 2.24) is 0 Å². The fraction of sp³-hybridized carbons (Fsp3) is 0.381. The molecule has 0 saturated heterocycles. The predicted octanol–water partition coefficient (Wildman–Crippen LogP) is 3.47. The molecular weight excluding hydrogens is 346 g/mol. The fourth-order valence-electron chi connectivity index (χ4n) is 2.85. The first-order chi connectivity index (χ1) is 13.1. The Morgan fingerprint density at radius 3 is 2.33 bits per heavy atom. The SMILES string of the molecule is CCOC(=O)CCCCN(C(=O)C(=O)OCC)c1cccc2ccccc12. The zero-order valence-corrected chi connectivity index (χ0v) is 15.8. The van der Waals surface area contributed by atoms with Gasteiger partial charge in [-0.15, -0.1) is 0 Å². The molecule has 6 nitrogen and oxygen atoms in total. The van der Waals surface area contributed by atoms with E-state index in [1.807, 2.05) is 42.5 Å². The van der Waals surface area contributed by atoms with Gasteiger partial charge < -0.3 is 14.4 Å². The summed E-state index contributed by atoms with van der Waals surface area (Å²) in [6.07, 6.45) is 1.41. The second kappa shape index (κ2) is 10.3. The largest absolute Gasteiger partial charge is 0.466 e. The van der Waals surface area contributed by atoms with Crippen molar-refractivity contribution >= 4 is 34.3 Å². The maximum absolute atomic E-state index is 12.7. The molecule has 0 N–H and O–H groups in total.